The van der Waals surface area contributed by atoms with E-state index in [4.69, 9.17) is 13.9 Å². The lowest BCUT2D eigenvalue weighted by Gasteiger charge is -2.26. The van der Waals surface area contributed by atoms with Crippen LogP contribution in [0.1, 0.15) is 27.7 Å². The van der Waals surface area contributed by atoms with E-state index in [2.05, 4.69) is 15.9 Å². The minimum absolute atomic E-state index is 0.0495. The highest BCUT2D eigenvalue weighted by atomic mass is 79.9. The van der Waals surface area contributed by atoms with E-state index in [-0.39, 0.29) is 17.1 Å². The molecule has 32 heavy (non-hydrogen) atoms. The standard InChI is InChI=1S/C25H18BrNO5/c1-30-19-11-10-14(12-20(19)31-2)22-21-23(28)17-8-3-4-9-18(17)32-24(21)25(29)27(22)16-7-5-6-15(26)13-16/h3-13,22H,1-2H3. The highest BCUT2D eigenvalue weighted by Crippen LogP contribution is 2.43. The number of hydrogen-bond acceptors (Lipinski definition) is 5. The van der Waals surface area contributed by atoms with Gasteiger partial charge in [0.1, 0.15) is 5.58 Å². The predicted octanol–water partition coefficient (Wildman–Crippen LogP) is 5.32. The Morgan fingerprint density at radius 1 is 0.906 bits per heavy atom. The molecule has 1 atom stereocenters. The number of fused-ring (bicyclic) bond motifs is 2. The third-order valence-electron chi connectivity index (χ3n) is 5.59. The summed E-state index contributed by atoms with van der Waals surface area (Å²) in [5.74, 6) is 0.736. The van der Waals surface area contributed by atoms with Crippen molar-refractivity contribution in [2.45, 2.75) is 6.04 Å². The fourth-order valence-corrected chi connectivity index (χ4v) is 4.54. The molecule has 0 fully saturated rings. The Balaban J connectivity index is 1.81. The maximum Gasteiger partial charge on any atom is 0.295 e. The summed E-state index contributed by atoms with van der Waals surface area (Å²) in [6.45, 7) is 0. The van der Waals surface area contributed by atoms with E-state index in [1.165, 1.54) is 0 Å². The van der Waals surface area contributed by atoms with Crippen molar-refractivity contribution >= 4 is 38.5 Å². The molecule has 160 valence electrons. The van der Waals surface area contributed by atoms with E-state index in [0.29, 0.717) is 39.3 Å². The van der Waals surface area contributed by atoms with E-state index in [0.717, 1.165) is 4.47 Å². The summed E-state index contributed by atoms with van der Waals surface area (Å²) in [5, 5.41) is 0.431. The highest BCUT2D eigenvalue weighted by Gasteiger charge is 2.44. The average molecular weight is 492 g/mol. The number of anilines is 1. The molecule has 0 bridgehead atoms. The Bertz CT molecular complexity index is 1430. The second-order valence-corrected chi connectivity index (χ2v) is 8.26. The third-order valence-corrected chi connectivity index (χ3v) is 6.08. The van der Waals surface area contributed by atoms with Gasteiger partial charge < -0.3 is 13.9 Å². The Morgan fingerprint density at radius 2 is 1.69 bits per heavy atom. The van der Waals surface area contributed by atoms with Crippen LogP contribution >= 0.6 is 15.9 Å². The molecule has 5 rings (SSSR count). The van der Waals surface area contributed by atoms with Crippen LogP contribution in [0.5, 0.6) is 11.5 Å². The van der Waals surface area contributed by atoms with Gasteiger partial charge in [-0.3, -0.25) is 14.5 Å². The fraction of sp³-hybridized carbons (Fsp3) is 0.120. The van der Waals surface area contributed by atoms with Crippen molar-refractivity contribution in [1.29, 1.82) is 0 Å². The molecule has 1 aromatic heterocycles. The Kier molecular flexibility index (Phi) is 4.98. The van der Waals surface area contributed by atoms with E-state index in [9.17, 15) is 9.59 Å². The summed E-state index contributed by atoms with van der Waals surface area (Å²) < 4.78 is 17.6. The first-order valence-corrected chi connectivity index (χ1v) is 10.7. The first-order chi connectivity index (χ1) is 15.5. The summed E-state index contributed by atoms with van der Waals surface area (Å²) in [6.07, 6.45) is 0. The summed E-state index contributed by atoms with van der Waals surface area (Å²) in [7, 11) is 3.10. The van der Waals surface area contributed by atoms with Crippen molar-refractivity contribution in [3.05, 3.63) is 98.3 Å². The van der Waals surface area contributed by atoms with E-state index >= 15 is 0 Å². The zero-order chi connectivity index (χ0) is 22.4. The molecular weight excluding hydrogens is 474 g/mol. The molecule has 1 aliphatic heterocycles. The van der Waals surface area contributed by atoms with Crippen molar-refractivity contribution in [3.63, 3.8) is 0 Å². The van der Waals surface area contributed by atoms with Crippen LogP contribution in [0, 0.1) is 0 Å². The van der Waals surface area contributed by atoms with Gasteiger partial charge in [-0.15, -0.1) is 0 Å². The van der Waals surface area contributed by atoms with Gasteiger partial charge in [-0.2, -0.15) is 0 Å². The van der Waals surface area contributed by atoms with Crippen molar-refractivity contribution in [1.82, 2.24) is 0 Å². The number of methoxy groups -OCH3 is 2. The van der Waals surface area contributed by atoms with E-state index in [1.807, 2.05) is 30.3 Å². The summed E-state index contributed by atoms with van der Waals surface area (Å²) in [5.41, 5.74) is 1.80. The second kappa shape index (κ2) is 7.84. The first-order valence-electron chi connectivity index (χ1n) is 9.90. The van der Waals surface area contributed by atoms with Crippen molar-refractivity contribution in [2.75, 3.05) is 19.1 Å². The van der Waals surface area contributed by atoms with Crippen LogP contribution in [0.3, 0.4) is 0 Å². The molecule has 1 unspecified atom stereocenters. The summed E-state index contributed by atoms with van der Waals surface area (Å²) in [6, 6.07) is 19.0. The topological polar surface area (TPSA) is 69.0 Å². The zero-order valence-electron chi connectivity index (χ0n) is 17.3. The van der Waals surface area contributed by atoms with Gasteiger partial charge in [-0.1, -0.05) is 40.2 Å². The van der Waals surface area contributed by atoms with Crippen LogP contribution in [0.15, 0.2) is 80.4 Å². The Morgan fingerprint density at radius 3 is 2.44 bits per heavy atom. The quantitative estimate of drug-likeness (QED) is 0.386. The molecule has 0 saturated heterocycles. The van der Waals surface area contributed by atoms with Gasteiger partial charge in [-0.05, 0) is 48.0 Å². The Labute approximate surface area is 192 Å². The normalized spacial score (nSPS) is 15.2. The van der Waals surface area contributed by atoms with Gasteiger partial charge in [0.2, 0.25) is 5.76 Å². The summed E-state index contributed by atoms with van der Waals surface area (Å²) in [4.78, 5) is 28.7. The molecule has 2 heterocycles. The van der Waals surface area contributed by atoms with Gasteiger partial charge in [0.15, 0.2) is 16.9 Å². The van der Waals surface area contributed by atoms with Gasteiger partial charge in [0.25, 0.3) is 5.91 Å². The van der Waals surface area contributed by atoms with Gasteiger partial charge >= 0.3 is 0 Å². The second-order valence-electron chi connectivity index (χ2n) is 7.34. The molecule has 0 spiro atoms. The molecule has 3 aromatic carbocycles. The molecule has 1 amide bonds. The number of ether oxygens (including phenoxy) is 2. The minimum Gasteiger partial charge on any atom is -0.493 e. The third kappa shape index (κ3) is 3.08. The monoisotopic (exact) mass is 491 g/mol. The largest absolute Gasteiger partial charge is 0.493 e. The molecule has 7 heteroatoms. The highest BCUT2D eigenvalue weighted by molar-refractivity contribution is 9.10. The number of hydrogen-bond donors (Lipinski definition) is 0. The maximum absolute atomic E-state index is 13.6. The van der Waals surface area contributed by atoms with Crippen LogP contribution in [-0.4, -0.2) is 20.1 Å². The minimum atomic E-state index is -0.688. The number of nitrogens with zero attached hydrogens (tertiary/aromatic N) is 1. The molecular formula is C25H18BrNO5. The number of amides is 1. The number of benzene rings is 3. The number of halogens is 1. The fourth-order valence-electron chi connectivity index (χ4n) is 4.15. The molecule has 0 N–H and O–H groups in total. The number of carbonyl (C=O) groups is 1. The van der Waals surface area contributed by atoms with Gasteiger partial charge in [0.05, 0.1) is 31.2 Å². The summed E-state index contributed by atoms with van der Waals surface area (Å²) >= 11 is 3.47. The first kappa shape index (κ1) is 20.3. The molecule has 0 aliphatic carbocycles. The van der Waals surface area contributed by atoms with Crippen LogP contribution in [-0.2, 0) is 0 Å². The molecule has 0 saturated carbocycles. The van der Waals surface area contributed by atoms with E-state index in [1.54, 1.807) is 55.5 Å². The maximum atomic E-state index is 13.6. The predicted molar refractivity (Wildman–Crippen MR) is 125 cm³/mol. The number of para-hydroxylation sites is 1. The van der Waals surface area contributed by atoms with Crippen molar-refractivity contribution in [3.8, 4) is 11.5 Å². The molecule has 6 nitrogen and oxygen atoms in total. The number of carbonyl (C=O) groups excluding carboxylic acids is 1. The lowest BCUT2D eigenvalue weighted by Crippen LogP contribution is -2.29. The van der Waals surface area contributed by atoms with E-state index < -0.39 is 6.04 Å². The van der Waals surface area contributed by atoms with Crippen LogP contribution in [0.4, 0.5) is 5.69 Å². The average Bonchev–Trinajstić information content (AvgIpc) is 3.11. The van der Waals surface area contributed by atoms with Crippen LogP contribution < -0.4 is 19.8 Å². The van der Waals surface area contributed by atoms with Gasteiger partial charge in [0, 0.05) is 10.2 Å². The SMILES string of the molecule is COc1ccc(C2c3c(oc4ccccc4c3=O)C(=O)N2c2cccc(Br)c2)cc1OC. The smallest absolute Gasteiger partial charge is 0.295 e. The zero-order valence-corrected chi connectivity index (χ0v) is 18.9. The lowest BCUT2D eigenvalue weighted by molar-refractivity contribution is 0.0971. The van der Waals surface area contributed by atoms with Crippen LogP contribution in [0.2, 0.25) is 0 Å². The lowest BCUT2D eigenvalue weighted by atomic mass is 9.97. The number of rotatable bonds is 4. The molecule has 0 radical (unpaired) electrons. The van der Waals surface area contributed by atoms with Crippen molar-refractivity contribution in [2.24, 2.45) is 0 Å². The molecule has 1 aliphatic rings. The molecule has 4 aromatic rings. The Hall–Kier alpha value is -3.58. The van der Waals surface area contributed by atoms with Gasteiger partial charge in [-0.25, -0.2) is 0 Å². The van der Waals surface area contributed by atoms with Crippen LogP contribution in [0.25, 0.3) is 11.0 Å². The van der Waals surface area contributed by atoms with Crippen molar-refractivity contribution < 1.29 is 18.7 Å².